The largest absolute Gasteiger partial charge is 0.386 e. The second kappa shape index (κ2) is 13.6. The molecule has 0 saturated heterocycles. The van der Waals surface area contributed by atoms with Gasteiger partial charge in [-0.15, -0.1) is 0 Å². The average Bonchev–Trinajstić information content (AvgIpc) is 3.26. The van der Waals surface area contributed by atoms with Crippen LogP contribution in [0.4, 0.5) is 5.69 Å². The van der Waals surface area contributed by atoms with Crippen molar-refractivity contribution in [2.45, 2.75) is 77.8 Å². The quantitative estimate of drug-likeness (QED) is 0.239. The molecular formula is C30H42N4O3S. The van der Waals surface area contributed by atoms with E-state index in [1.165, 1.54) is 11.1 Å². The Bertz CT molecular complexity index is 1350. The molecule has 0 bridgehead atoms. The Kier molecular flexibility index (Phi) is 10.5. The molecule has 8 heteroatoms. The SMILES string of the molecule is CNc1cc(C=C(C)C)cc2c1ncn2CCCCCCC(=O)NCc1ccc(S(=O)(=O)CC(C)C)cc1. The van der Waals surface area contributed by atoms with Crippen LogP contribution in [0, 0.1) is 5.92 Å². The Morgan fingerprint density at radius 3 is 2.42 bits per heavy atom. The molecule has 0 atom stereocenters. The second-order valence-electron chi connectivity index (χ2n) is 10.6. The van der Waals surface area contributed by atoms with Gasteiger partial charge in [0.05, 0.1) is 28.2 Å². The summed E-state index contributed by atoms with van der Waals surface area (Å²) in [4.78, 5) is 17.2. The molecule has 38 heavy (non-hydrogen) atoms. The van der Waals surface area contributed by atoms with E-state index < -0.39 is 9.84 Å². The van der Waals surface area contributed by atoms with E-state index in [-0.39, 0.29) is 17.6 Å². The first kappa shape index (κ1) is 29.4. The van der Waals surface area contributed by atoms with Gasteiger partial charge in [-0.25, -0.2) is 13.4 Å². The van der Waals surface area contributed by atoms with Crippen LogP contribution in [-0.2, 0) is 27.7 Å². The van der Waals surface area contributed by atoms with Crippen LogP contribution in [0.25, 0.3) is 17.1 Å². The van der Waals surface area contributed by atoms with E-state index in [2.05, 4.69) is 52.2 Å². The van der Waals surface area contributed by atoms with E-state index >= 15 is 0 Å². The summed E-state index contributed by atoms with van der Waals surface area (Å²) in [5.41, 5.74) is 6.47. The van der Waals surface area contributed by atoms with Gasteiger partial charge in [-0.1, -0.05) is 50.5 Å². The number of amides is 1. The van der Waals surface area contributed by atoms with E-state index in [0.717, 1.165) is 54.5 Å². The molecule has 206 valence electrons. The van der Waals surface area contributed by atoms with Crippen LogP contribution in [-0.4, -0.2) is 36.7 Å². The van der Waals surface area contributed by atoms with Gasteiger partial charge in [0.2, 0.25) is 5.91 Å². The summed E-state index contributed by atoms with van der Waals surface area (Å²) in [6.45, 7) is 9.28. The van der Waals surface area contributed by atoms with Crippen LogP contribution < -0.4 is 10.6 Å². The molecule has 1 heterocycles. The highest BCUT2D eigenvalue weighted by atomic mass is 32.2. The molecule has 2 aromatic carbocycles. The number of hydrogen-bond acceptors (Lipinski definition) is 5. The van der Waals surface area contributed by atoms with Gasteiger partial charge in [0.1, 0.15) is 5.52 Å². The van der Waals surface area contributed by atoms with Gasteiger partial charge in [-0.2, -0.15) is 0 Å². The van der Waals surface area contributed by atoms with Crippen molar-refractivity contribution in [2.24, 2.45) is 5.92 Å². The van der Waals surface area contributed by atoms with E-state index in [9.17, 15) is 13.2 Å². The zero-order chi connectivity index (χ0) is 27.7. The number of allylic oxidation sites excluding steroid dienone is 1. The van der Waals surface area contributed by atoms with Crippen molar-refractivity contribution >= 4 is 38.5 Å². The third kappa shape index (κ3) is 8.45. The molecule has 0 aliphatic rings. The first-order valence-electron chi connectivity index (χ1n) is 13.5. The summed E-state index contributed by atoms with van der Waals surface area (Å²) in [6, 6.07) is 11.1. The number of hydrogen-bond donors (Lipinski definition) is 2. The number of fused-ring (bicyclic) bond motifs is 1. The third-order valence-corrected chi connectivity index (χ3v) is 8.45. The fourth-order valence-electron chi connectivity index (χ4n) is 4.53. The Morgan fingerprint density at radius 2 is 1.76 bits per heavy atom. The number of aromatic nitrogens is 2. The van der Waals surface area contributed by atoms with Crippen LogP contribution >= 0.6 is 0 Å². The van der Waals surface area contributed by atoms with E-state index in [4.69, 9.17) is 0 Å². The van der Waals surface area contributed by atoms with Gasteiger partial charge >= 0.3 is 0 Å². The maximum absolute atomic E-state index is 12.3. The molecule has 0 saturated carbocycles. The van der Waals surface area contributed by atoms with Crippen molar-refractivity contribution in [3.63, 3.8) is 0 Å². The molecule has 0 radical (unpaired) electrons. The molecule has 3 rings (SSSR count). The minimum Gasteiger partial charge on any atom is -0.386 e. The smallest absolute Gasteiger partial charge is 0.220 e. The predicted octanol–water partition coefficient (Wildman–Crippen LogP) is 6.20. The van der Waals surface area contributed by atoms with E-state index in [1.54, 1.807) is 24.3 Å². The molecule has 0 spiro atoms. The number of unbranched alkanes of at least 4 members (excludes halogenated alkanes) is 3. The summed E-state index contributed by atoms with van der Waals surface area (Å²) >= 11 is 0. The lowest BCUT2D eigenvalue weighted by atomic mass is 10.1. The zero-order valence-corrected chi connectivity index (χ0v) is 24.2. The maximum Gasteiger partial charge on any atom is 0.220 e. The Morgan fingerprint density at radius 1 is 1.05 bits per heavy atom. The number of sulfone groups is 1. The fourth-order valence-corrected chi connectivity index (χ4v) is 6.15. The lowest BCUT2D eigenvalue weighted by Gasteiger charge is -2.09. The van der Waals surface area contributed by atoms with Gasteiger partial charge in [0.15, 0.2) is 9.84 Å². The summed E-state index contributed by atoms with van der Waals surface area (Å²) < 4.78 is 26.9. The summed E-state index contributed by atoms with van der Waals surface area (Å²) in [5.74, 6) is 0.238. The molecule has 0 aliphatic carbocycles. The van der Waals surface area contributed by atoms with Crippen LogP contribution in [0.5, 0.6) is 0 Å². The number of carbonyl (C=O) groups is 1. The molecule has 7 nitrogen and oxygen atoms in total. The van der Waals surface area contributed by atoms with Crippen LogP contribution in [0.2, 0.25) is 0 Å². The number of anilines is 1. The third-order valence-electron chi connectivity index (χ3n) is 6.35. The van der Waals surface area contributed by atoms with Gasteiger partial charge in [-0.3, -0.25) is 4.79 Å². The monoisotopic (exact) mass is 538 g/mol. The molecule has 0 unspecified atom stereocenters. The lowest BCUT2D eigenvalue weighted by molar-refractivity contribution is -0.121. The van der Waals surface area contributed by atoms with Gasteiger partial charge in [0, 0.05) is 26.6 Å². The first-order chi connectivity index (χ1) is 18.1. The predicted molar refractivity (Wildman–Crippen MR) is 157 cm³/mol. The number of nitrogens with one attached hydrogen (secondary N) is 2. The van der Waals surface area contributed by atoms with Crippen molar-refractivity contribution in [1.29, 1.82) is 0 Å². The minimum atomic E-state index is -3.26. The molecule has 3 aromatic rings. The second-order valence-corrected chi connectivity index (χ2v) is 12.6. The van der Waals surface area contributed by atoms with Crippen molar-refractivity contribution in [3.05, 3.63) is 59.4 Å². The van der Waals surface area contributed by atoms with Gasteiger partial charge in [-0.05, 0) is 68.0 Å². The molecule has 0 aliphatic heterocycles. The maximum atomic E-state index is 12.3. The zero-order valence-electron chi connectivity index (χ0n) is 23.4. The molecular weight excluding hydrogens is 496 g/mol. The standard InChI is InChI=1S/C30H42N4O3S/c1-22(2)16-25-17-27(31-5)30-28(18-25)34(21-33-30)15-9-7-6-8-10-29(35)32-19-24-11-13-26(14-12-24)38(36,37)20-23(3)4/h11-14,16-18,21,23,31H,6-10,15,19-20H2,1-5H3,(H,32,35). The number of aryl methyl sites for hydroxylation is 1. The van der Waals surface area contributed by atoms with Gasteiger partial charge in [0.25, 0.3) is 0 Å². The molecule has 0 fully saturated rings. The van der Waals surface area contributed by atoms with E-state index in [0.29, 0.717) is 17.9 Å². The molecule has 1 amide bonds. The number of benzene rings is 2. The molecule has 2 N–H and O–H groups in total. The van der Waals surface area contributed by atoms with Crippen molar-refractivity contribution in [2.75, 3.05) is 18.1 Å². The topological polar surface area (TPSA) is 93.1 Å². The fraction of sp³-hybridized carbons (Fsp3) is 0.467. The summed E-state index contributed by atoms with van der Waals surface area (Å²) in [5, 5.41) is 6.20. The Labute approximate surface area is 227 Å². The van der Waals surface area contributed by atoms with Crippen LogP contribution in [0.3, 0.4) is 0 Å². The number of nitrogens with zero attached hydrogens (tertiary/aromatic N) is 2. The first-order valence-corrected chi connectivity index (χ1v) is 15.1. The Balaban J connectivity index is 1.39. The normalized spacial score (nSPS) is 11.6. The number of imidazole rings is 1. The lowest BCUT2D eigenvalue weighted by Crippen LogP contribution is -2.22. The number of rotatable bonds is 14. The van der Waals surface area contributed by atoms with Gasteiger partial charge < -0.3 is 15.2 Å². The average molecular weight is 539 g/mol. The highest BCUT2D eigenvalue weighted by molar-refractivity contribution is 7.91. The minimum absolute atomic E-state index is 0.0218. The summed E-state index contributed by atoms with van der Waals surface area (Å²) in [6.07, 6.45) is 8.50. The van der Waals surface area contributed by atoms with Crippen molar-refractivity contribution in [1.82, 2.24) is 14.9 Å². The highest BCUT2D eigenvalue weighted by Gasteiger charge is 2.16. The number of carbonyl (C=O) groups excluding carboxylic acids is 1. The van der Waals surface area contributed by atoms with Crippen LogP contribution in [0.1, 0.15) is 70.9 Å². The van der Waals surface area contributed by atoms with Crippen LogP contribution in [0.15, 0.2) is 53.2 Å². The van der Waals surface area contributed by atoms with E-state index in [1.807, 2.05) is 27.2 Å². The summed E-state index contributed by atoms with van der Waals surface area (Å²) in [7, 11) is -1.34. The Hall–Kier alpha value is -3.13. The van der Waals surface area contributed by atoms with Crippen molar-refractivity contribution < 1.29 is 13.2 Å². The molecule has 1 aromatic heterocycles. The van der Waals surface area contributed by atoms with Crippen molar-refractivity contribution in [3.8, 4) is 0 Å². The highest BCUT2D eigenvalue weighted by Crippen LogP contribution is 2.26.